The van der Waals surface area contributed by atoms with Gasteiger partial charge in [-0.3, -0.25) is 0 Å². The molecule has 0 aliphatic carbocycles. The topological polar surface area (TPSA) is 46.2 Å². The van der Waals surface area contributed by atoms with E-state index in [4.69, 9.17) is 17.3 Å². The maximum atomic E-state index is 13.0. The number of phenolic OH excluding ortho intramolecular Hbond substituents is 1. The van der Waals surface area contributed by atoms with Crippen molar-refractivity contribution in [3.8, 4) is 5.75 Å². The molecule has 1 aromatic rings. The van der Waals surface area contributed by atoms with Gasteiger partial charge in [0.15, 0.2) is 0 Å². The fraction of sp³-hybridized carbons (Fsp3) is 0.250. The Morgan fingerprint density at radius 1 is 1.54 bits per heavy atom. The molecule has 0 unspecified atom stereocenters. The van der Waals surface area contributed by atoms with Crippen LogP contribution in [-0.2, 0) is 0 Å². The van der Waals surface area contributed by atoms with Gasteiger partial charge in [0.1, 0.15) is 11.6 Å². The second kappa shape index (κ2) is 4.65. The summed E-state index contributed by atoms with van der Waals surface area (Å²) in [6, 6.07) is 1.91. The van der Waals surface area contributed by atoms with Crippen LogP contribution in [0, 0.1) is 5.82 Å². The lowest BCUT2D eigenvalue weighted by Gasteiger charge is -2.10. The van der Waals surface area contributed by atoms with E-state index in [-0.39, 0.29) is 28.7 Å². The van der Waals surface area contributed by atoms with Crippen LogP contribution in [0.15, 0.2) is 12.1 Å². The average Bonchev–Trinajstić information content (AvgIpc) is 1.97. The van der Waals surface area contributed by atoms with Gasteiger partial charge in [-0.2, -0.15) is 0 Å². The van der Waals surface area contributed by atoms with E-state index in [1.54, 1.807) is 6.92 Å². The molecule has 0 saturated heterocycles. The van der Waals surface area contributed by atoms with E-state index in [1.165, 1.54) is 12.1 Å². The van der Waals surface area contributed by atoms with Gasteiger partial charge in [0.25, 0.3) is 0 Å². The number of hydrogen-bond acceptors (Lipinski definition) is 2. The van der Waals surface area contributed by atoms with Crippen molar-refractivity contribution in [3.05, 3.63) is 28.5 Å². The standard InChI is InChI=1S/C8H9ClFNO.ClH/c1-4(11)7-6(10)3-2-5(9)8(7)12;/h2-4,12H,11H2,1H3;1H/t4-;/m1./s1. The Balaban J connectivity index is 0.00000144. The fourth-order valence-electron chi connectivity index (χ4n) is 0.990. The second-order valence-corrected chi connectivity index (χ2v) is 2.99. The summed E-state index contributed by atoms with van der Waals surface area (Å²) in [5, 5.41) is 9.41. The summed E-state index contributed by atoms with van der Waals surface area (Å²) >= 11 is 5.56. The first-order valence-electron chi connectivity index (χ1n) is 3.46. The van der Waals surface area contributed by atoms with Crippen molar-refractivity contribution in [2.24, 2.45) is 5.73 Å². The van der Waals surface area contributed by atoms with Gasteiger partial charge in [0.05, 0.1) is 5.02 Å². The highest BCUT2D eigenvalue weighted by Crippen LogP contribution is 2.32. The summed E-state index contributed by atoms with van der Waals surface area (Å²) in [4.78, 5) is 0. The van der Waals surface area contributed by atoms with E-state index in [2.05, 4.69) is 0 Å². The molecule has 1 aromatic carbocycles. The van der Waals surface area contributed by atoms with E-state index < -0.39 is 11.9 Å². The summed E-state index contributed by atoms with van der Waals surface area (Å²) in [6.45, 7) is 1.58. The molecule has 1 rings (SSSR count). The molecule has 0 spiro atoms. The zero-order valence-electron chi connectivity index (χ0n) is 6.92. The zero-order valence-corrected chi connectivity index (χ0v) is 8.49. The maximum absolute atomic E-state index is 13.0. The highest BCUT2D eigenvalue weighted by atomic mass is 35.5. The molecule has 1 atom stereocenters. The molecule has 0 radical (unpaired) electrons. The molecule has 3 N–H and O–H groups in total. The van der Waals surface area contributed by atoms with Crippen molar-refractivity contribution >= 4 is 24.0 Å². The summed E-state index contributed by atoms with van der Waals surface area (Å²) in [6.07, 6.45) is 0. The normalized spacial score (nSPS) is 12.0. The van der Waals surface area contributed by atoms with E-state index >= 15 is 0 Å². The van der Waals surface area contributed by atoms with Crippen molar-refractivity contribution in [2.75, 3.05) is 0 Å². The van der Waals surface area contributed by atoms with Gasteiger partial charge in [-0.15, -0.1) is 12.4 Å². The van der Waals surface area contributed by atoms with Crippen molar-refractivity contribution < 1.29 is 9.50 Å². The highest BCUT2D eigenvalue weighted by Gasteiger charge is 2.14. The minimum Gasteiger partial charge on any atom is -0.506 e. The predicted octanol–water partition coefficient (Wildman–Crippen LogP) is 2.63. The number of hydrogen-bond donors (Lipinski definition) is 2. The monoisotopic (exact) mass is 225 g/mol. The van der Waals surface area contributed by atoms with Gasteiger partial charge in [-0.05, 0) is 19.1 Å². The largest absolute Gasteiger partial charge is 0.506 e. The van der Waals surface area contributed by atoms with Crippen LogP contribution in [0.4, 0.5) is 4.39 Å². The van der Waals surface area contributed by atoms with Gasteiger partial charge in [0.2, 0.25) is 0 Å². The number of aromatic hydroxyl groups is 1. The Morgan fingerprint density at radius 3 is 2.46 bits per heavy atom. The zero-order chi connectivity index (χ0) is 9.30. The van der Waals surface area contributed by atoms with E-state index in [9.17, 15) is 9.50 Å². The average molecular weight is 226 g/mol. The molecule has 13 heavy (non-hydrogen) atoms. The lowest BCUT2D eigenvalue weighted by molar-refractivity contribution is 0.452. The van der Waals surface area contributed by atoms with Crippen LogP contribution in [0.2, 0.25) is 5.02 Å². The summed E-state index contributed by atoms with van der Waals surface area (Å²) in [7, 11) is 0. The Kier molecular flexibility index (Phi) is 4.47. The van der Waals surface area contributed by atoms with Crippen molar-refractivity contribution in [1.29, 1.82) is 0 Å². The first kappa shape index (κ1) is 12.5. The molecular weight excluding hydrogens is 216 g/mol. The lowest BCUT2D eigenvalue weighted by Crippen LogP contribution is -2.07. The summed E-state index contributed by atoms with van der Waals surface area (Å²) < 4.78 is 13.0. The van der Waals surface area contributed by atoms with Crippen molar-refractivity contribution in [3.63, 3.8) is 0 Å². The smallest absolute Gasteiger partial charge is 0.141 e. The first-order chi connectivity index (χ1) is 5.54. The number of rotatable bonds is 1. The van der Waals surface area contributed by atoms with Gasteiger partial charge in [-0.1, -0.05) is 11.6 Å². The van der Waals surface area contributed by atoms with E-state index in [0.717, 1.165) is 0 Å². The van der Waals surface area contributed by atoms with E-state index in [0.29, 0.717) is 0 Å². The molecule has 74 valence electrons. The third-order valence-corrected chi connectivity index (χ3v) is 1.87. The molecule has 0 amide bonds. The van der Waals surface area contributed by atoms with Crippen LogP contribution in [0.25, 0.3) is 0 Å². The predicted molar refractivity (Wildman–Crippen MR) is 52.9 cm³/mol. The molecule has 0 aromatic heterocycles. The minimum atomic E-state index is -0.566. The molecule has 0 aliphatic rings. The van der Waals surface area contributed by atoms with E-state index in [1.807, 2.05) is 0 Å². The summed E-state index contributed by atoms with van der Waals surface area (Å²) in [5.41, 5.74) is 5.48. The van der Waals surface area contributed by atoms with Gasteiger partial charge < -0.3 is 10.8 Å². The molecule has 2 nitrogen and oxygen atoms in total. The molecular formula is C8H10Cl2FNO. The maximum Gasteiger partial charge on any atom is 0.141 e. The van der Waals surface area contributed by atoms with Crippen LogP contribution in [-0.4, -0.2) is 5.11 Å². The Bertz CT molecular complexity index is 304. The molecule has 5 heteroatoms. The van der Waals surface area contributed by atoms with Crippen molar-refractivity contribution in [1.82, 2.24) is 0 Å². The van der Waals surface area contributed by atoms with Gasteiger partial charge in [-0.25, -0.2) is 4.39 Å². The lowest BCUT2D eigenvalue weighted by atomic mass is 10.1. The fourth-order valence-corrected chi connectivity index (χ4v) is 1.15. The second-order valence-electron chi connectivity index (χ2n) is 2.58. The number of halogens is 3. The summed E-state index contributed by atoms with van der Waals surface area (Å²) in [5.74, 6) is -0.807. The first-order valence-corrected chi connectivity index (χ1v) is 3.84. The van der Waals surface area contributed by atoms with Crippen molar-refractivity contribution in [2.45, 2.75) is 13.0 Å². The molecule has 0 heterocycles. The van der Waals surface area contributed by atoms with Gasteiger partial charge in [0, 0.05) is 11.6 Å². The molecule has 0 saturated carbocycles. The Hall–Kier alpha value is -0.510. The van der Waals surface area contributed by atoms with Crippen LogP contribution < -0.4 is 5.73 Å². The third-order valence-electron chi connectivity index (χ3n) is 1.57. The Morgan fingerprint density at radius 2 is 2.08 bits per heavy atom. The third kappa shape index (κ3) is 2.46. The highest BCUT2D eigenvalue weighted by molar-refractivity contribution is 6.32. The van der Waals surface area contributed by atoms with Gasteiger partial charge >= 0.3 is 0 Å². The number of nitrogens with two attached hydrogens (primary N) is 1. The van der Waals surface area contributed by atoms with Crippen LogP contribution in [0.5, 0.6) is 5.75 Å². The quantitative estimate of drug-likeness (QED) is 0.773. The molecule has 0 aliphatic heterocycles. The number of phenols is 1. The molecule has 0 fully saturated rings. The SMILES string of the molecule is C[C@@H](N)c1c(F)ccc(Cl)c1O.Cl. The number of benzene rings is 1. The van der Waals surface area contributed by atoms with Crippen LogP contribution in [0.3, 0.4) is 0 Å². The minimum absolute atomic E-state index is 0. The van der Waals surface area contributed by atoms with Crippen LogP contribution in [0.1, 0.15) is 18.5 Å². The van der Waals surface area contributed by atoms with Crippen LogP contribution >= 0.6 is 24.0 Å². The Labute approximate surface area is 86.9 Å². The molecule has 0 bridgehead atoms.